The van der Waals surface area contributed by atoms with E-state index in [1.54, 1.807) is 11.3 Å². The molecule has 3 nitrogen and oxygen atoms in total. The van der Waals surface area contributed by atoms with Crippen molar-refractivity contribution in [2.24, 2.45) is 0 Å². The molecule has 0 saturated heterocycles. The number of imidazole rings is 1. The van der Waals surface area contributed by atoms with Crippen LogP contribution in [0.25, 0.3) is 0 Å². The van der Waals surface area contributed by atoms with Crippen molar-refractivity contribution >= 4 is 11.3 Å². The third-order valence-corrected chi connectivity index (χ3v) is 3.77. The maximum atomic E-state index is 8.73. The van der Waals surface area contributed by atoms with E-state index < -0.39 is 0 Å². The molecular weight excluding hydrogens is 244 g/mol. The summed E-state index contributed by atoms with van der Waals surface area (Å²) in [5.74, 6) is 6.07. The second-order valence-corrected chi connectivity index (χ2v) is 5.08. The molecule has 0 bridgehead atoms. The van der Waals surface area contributed by atoms with Crippen LogP contribution in [-0.4, -0.2) is 21.3 Å². The van der Waals surface area contributed by atoms with E-state index in [9.17, 15) is 0 Å². The van der Waals surface area contributed by atoms with Crippen molar-refractivity contribution in [3.05, 3.63) is 39.6 Å². The van der Waals surface area contributed by atoms with Gasteiger partial charge in [0.1, 0.15) is 0 Å². The summed E-state index contributed by atoms with van der Waals surface area (Å²) in [5.41, 5.74) is 3.32. The van der Waals surface area contributed by atoms with Crippen molar-refractivity contribution in [2.45, 2.75) is 26.8 Å². The second-order valence-electron chi connectivity index (χ2n) is 4.08. The molecule has 0 aromatic carbocycles. The summed E-state index contributed by atoms with van der Waals surface area (Å²) in [7, 11) is 0. The van der Waals surface area contributed by atoms with Crippen LogP contribution in [0.5, 0.6) is 0 Å². The summed E-state index contributed by atoms with van der Waals surface area (Å²) < 4.78 is 2.14. The van der Waals surface area contributed by atoms with Crippen LogP contribution in [0, 0.1) is 25.7 Å². The Kier molecular flexibility index (Phi) is 4.19. The molecule has 0 amide bonds. The van der Waals surface area contributed by atoms with E-state index in [4.69, 9.17) is 5.11 Å². The van der Waals surface area contributed by atoms with Gasteiger partial charge in [0.2, 0.25) is 0 Å². The Morgan fingerprint density at radius 3 is 2.94 bits per heavy atom. The summed E-state index contributed by atoms with van der Waals surface area (Å²) in [5, 5.41) is 10.8. The largest absolute Gasteiger partial charge is 0.395 e. The molecule has 0 aliphatic heterocycles. The lowest BCUT2D eigenvalue weighted by Crippen LogP contribution is -2.00. The molecule has 0 atom stereocenters. The van der Waals surface area contributed by atoms with Crippen LogP contribution in [0.3, 0.4) is 0 Å². The number of hydrogen-bond acceptors (Lipinski definition) is 3. The van der Waals surface area contributed by atoms with Crippen LogP contribution >= 0.6 is 11.3 Å². The smallest absolute Gasteiger partial charge is 0.0954 e. The standard InChI is InChI=1S/C14H16N2OS/c1-11-12(2)16(10-15-11)9-14-13(6-8-18-14)5-3-4-7-17/h6,8,10,17H,4,7,9H2,1-2H3. The zero-order valence-corrected chi connectivity index (χ0v) is 11.4. The average molecular weight is 260 g/mol. The van der Waals surface area contributed by atoms with Crippen molar-refractivity contribution in [1.82, 2.24) is 9.55 Å². The van der Waals surface area contributed by atoms with Gasteiger partial charge in [-0.2, -0.15) is 0 Å². The fourth-order valence-electron chi connectivity index (χ4n) is 1.65. The molecule has 18 heavy (non-hydrogen) atoms. The van der Waals surface area contributed by atoms with Gasteiger partial charge in [0.25, 0.3) is 0 Å². The minimum Gasteiger partial charge on any atom is -0.395 e. The zero-order valence-electron chi connectivity index (χ0n) is 10.6. The number of hydrogen-bond donors (Lipinski definition) is 1. The van der Waals surface area contributed by atoms with Gasteiger partial charge >= 0.3 is 0 Å². The van der Waals surface area contributed by atoms with E-state index in [0.717, 1.165) is 17.8 Å². The molecule has 2 aromatic rings. The number of aromatic nitrogens is 2. The third-order valence-electron chi connectivity index (χ3n) is 2.86. The van der Waals surface area contributed by atoms with E-state index >= 15 is 0 Å². The molecule has 2 heterocycles. The molecule has 0 fully saturated rings. The summed E-state index contributed by atoms with van der Waals surface area (Å²) >= 11 is 1.71. The Labute approximate surface area is 111 Å². The SMILES string of the molecule is Cc1ncn(Cc2sccc2C#CCCO)c1C. The normalized spacial score (nSPS) is 10.2. The molecule has 0 spiro atoms. The van der Waals surface area contributed by atoms with Gasteiger partial charge in [0.05, 0.1) is 25.2 Å². The Hall–Kier alpha value is -1.57. The Bertz CT molecular complexity index is 586. The first-order chi connectivity index (χ1) is 8.72. The molecular formula is C14H16N2OS. The van der Waals surface area contributed by atoms with Crippen LogP contribution < -0.4 is 0 Å². The Morgan fingerprint density at radius 2 is 2.28 bits per heavy atom. The molecule has 0 saturated carbocycles. The second kappa shape index (κ2) is 5.85. The quantitative estimate of drug-likeness (QED) is 0.860. The molecule has 0 radical (unpaired) electrons. The van der Waals surface area contributed by atoms with Crippen LogP contribution in [0.1, 0.15) is 28.2 Å². The first-order valence-electron chi connectivity index (χ1n) is 5.87. The predicted octanol–water partition coefficient (Wildman–Crippen LogP) is 2.34. The van der Waals surface area contributed by atoms with Gasteiger partial charge in [0.15, 0.2) is 0 Å². The molecule has 94 valence electrons. The highest BCUT2D eigenvalue weighted by atomic mass is 32.1. The number of rotatable bonds is 3. The number of aliphatic hydroxyl groups is 1. The number of thiophene rings is 1. The lowest BCUT2D eigenvalue weighted by atomic mass is 10.2. The molecule has 2 rings (SSSR count). The highest BCUT2D eigenvalue weighted by molar-refractivity contribution is 7.10. The highest BCUT2D eigenvalue weighted by Crippen LogP contribution is 2.18. The van der Waals surface area contributed by atoms with Crippen LogP contribution in [0.2, 0.25) is 0 Å². The van der Waals surface area contributed by atoms with E-state index in [1.165, 1.54) is 10.6 Å². The van der Waals surface area contributed by atoms with Crippen molar-refractivity contribution in [2.75, 3.05) is 6.61 Å². The predicted molar refractivity (Wildman–Crippen MR) is 73.7 cm³/mol. The fourth-order valence-corrected chi connectivity index (χ4v) is 2.47. The highest BCUT2D eigenvalue weighted by Gasteiger charge is 2.06. The van der Waals surface area contributed by atoms with Crippen LogP contribution in [-0.2, 0) is 6.54 Å². The third kappa shape index (κ3) is 2.81. The minimum absolute atomic E-state index is 0.117. The van der Waals surface area contributed by atoms with Crippen LogP contribution in [0.4, 0.5) is 0 Å². The molecule has 0 unspecified atom stereocenters. The van der Waals surface area contributed by atoms with Gasteiger partial charge in [-0.25, -0.2) is 4.98 Å². The summed E-state index contributed by atoms with van der Waals surface area (Å²) in [6, 6.07) is 2.03. The summed E-state index contributed by atoms with van der Waals surface area (Å²) in [4.78, 5) is 5.54. The molecule has 1 N–H and O–H groups in total. The summed E-state index contributed by atoms with van der Waals surface area (Å²) in [6.45, 7) is 5.02. The van der Waals surface area contributed by atoms with E-state index in [2.05, 4.69) is 33.7 Å². The van der Waals surface area contributed by atoms with Crippen LogP contribution in [0.15, 0.2) is 17.8 Å². The number of nitrogens with zero attached hydrogens (tertiary/aromatic N) is 2. The topological polar surface area (TPSA) is 38.0 Å². The fraction of sp³-hybridized carbons (Fsp3) is 0.357. The van der Waals surface area contributed by atoms with E-state index in [1.807, 2.05) is 19.3 Å². The lowest BCUT2D eigenvalue weighted by molar-refractivity contribution is 0.305. The average Bonchev–Trinajstić information content (AvgIpc) is 2.92. The first-order valence-corrected chi connectivity index (χ1v) is 6.74. The van der Waals surface area contributed by atoms with Gasteiger partial charge in [-0.3, -0.25) is 0 Å². The van der Waals surface area contributed by atoms with Crippen molar-refractivity contribution in [3.8, 4) is 11.8 Å². The molecule has 2 aromatic heterocycles. The van der Waals surface area contributed by atoms with Gasteiger partial charge < -0.3 is 9.67 Å². The maximum absolute atomic E-state index is 8.73. The van der Waals surface area contributed by atoms with Crippen molar-refractivity contribution in [1.29, 1.82) is 0 Å². The zero-order chi connectivity index (χ0) is 13.0. The number of aliphatic hydroxyl groups excluding tert-OH is 1. The van der Waals surface area contributed by atoms with Crippen molar-refractivity contribution in [3.63, 3.8) is 0 Å². The molecule has 0 aliphatic carbocycles. The number of aryl methyl sites for hydroxylation is 1. The van der Waals surface area contributed by atoms with Crippen molar-refractivity contribution < 1.29 is 5.11 Å². The molecule has 0 aliphatic rings. The summed E-state index contributed by atoms with van der Waals surface area (Å²) in [6.07, 6.45) is 2.40. The molecule has 4 heteroatoms. The lowest BCUT2D eigenvalue weighted by Gasteiger charge is -2.04. The van der Waals surface area contributed by atoms with Gasteiger partial charge in [-0.15, -0.1) is 11.3 Å². The van der Waals surface area contributed by atoms with Gasteiger partial charge in [0, 0.05) is 22.6 Å². The minimum atomic E-state index is 0.117. The Balaban J connectivity index is 2.18. The van der Waals surface area contributed by atoms with Gasteiger partial charge in [-0.1, -0.05) is 11.8 Å². The van der Waals surface area contributed by atoms with E-state index in [0.29, 0.717) is 6.42 Å². The van der Waals surface area contributed by atoms with E-state index in [-0.39, 0.29) is 6.61 Å². The Morgan fingerprint density at radius 1 is 1.44 bits per heavy atom. The first kappa shape index (κ1) is 12.9. The van der Waals surface area contributed by atoms with Gasteiger partial charge in [-0.05, 0) is 25.3 Å². The maximum Gasteiger partial charge on any atom is 0.0954 e. The monoisotopic (exact) mass is 260 g/mol.